The van der Waals surface area contributed by atoms with Gasteiger partial charge in [-0.05, 0) is 43.4 Å². The second kappa shape index (κ2) is 8.47. The van der Waals surface area contributed by atoms with Crippen LogP contribution in [-0.2, 0) is 11.3 Å². The number of hydrogen-bond acceptors (Lipinski definition) is 3. The van der Waals surface area contributed by atoms with E-state index in [-0.39, 0.29) is 30.3 Å². The van der Waals surface area contributed by atoms with Crippen molar-refractivity contribution in [2.45, 2.75) is 44.9 Å². The molecule has 3 N–H and O–H groups in total. The second-order valence-electron chi connectivity index (χ2n) is 5.74. The van der Waals surface area contributed by atoms with E-state index in [1.807, 2.05) is 0 Å². The third kappa shape index (κ3) is 5.68. The number of ether oxygens (including phenoxy) is 1. The number of hydrogen-bond donors (Lipinski definition) is 3. The van der Waals surface area contributed by atoms with Crippen LogP contribution in [0.25, 0.3) is 0 Å². The summed E-state index contributed by atoms with van der Waals surface area (Å²) in [6.45, 7) is -2.71. The molecule has 0 aromatic heterocycles. The summed E-state index contributed by atoms with van der Waals surface area (Å²) in [5.74, 6) is -1.08. The lowest BCUT2D eigenvalue weighted by atomic mass is 9.86. The highest BCUT2D eigenvalue weighted by Gasteiger charge is 2.26. The van der Waals surface area contributed by atoms with Crippen molar-refractivity contribution >= 4 is 12.0 Å². The van der Waals surface area contributed by atoms with Crippen molar-refractivity contribution in [2.24, 2.45) is 5.92 Å². The Labute approximate surface area is 138 Å². The van der Waals surface area contributed by atoms with Gasteiger partial charge in [-0.1, -0.05) is 12.1 Å². The van der Waals surface area contributed by atoms with Crippen molar-refractivity contribution in [1.82, 2.24) is 10.6 Å². The molecule has 24 heavy (non-hydrogen) atoms. The van der Waals surface area contributed by atoms with Gasteiger partial charge in [0.2, 0.25) is 0 Å². The van der Waals surface area contributed by atoms with Gasteiger partial charge in [-0.2, -0.15) is 8.78 Å². The van der Waals surface area contributed by atoms with E-state index in [1.54, 1.807) is 12.1 Å². The summed E-state index contributed by atoms with van der Waals surface area (Å²) in [7, 11) is 0. The summed E-state index contributed by atoms with van der Waals surface area (Å²) < 4.78 is 28.6. The molecular formula is C16H20F2N2O4. The molecule has 2 amide bonds. The summed E-state index contributed by atoms with van der Waals surface area (Å²) in [6, 6.07) is 5.69. The van der Waals surface area contributed by atoms with Crippen LogP contribution in [0.3, 0.4) is 0 Å². The van der Waals surface area contributed by atoms with E-state index >= 15 is 0 Å². The van der Waals surface area contributed by atoms with Crippen LogP contribution in [0.4, 0.5) is 13.6 Å². The van der Waals surface area contributed by atoms with Gasteiger partial charge in [-0.15, -0.1) is 0 Å². The predicted octanol–water partition coefficient (Wildman–Crippen LogP) is 2.73. The number of aliphatic carboxylic acids is 1. The molecular weight excluding hydrogens is 322 g/mol. The Morgan fingerprint density at radius 1 is 1.25 bits per heavy atom. The van der Waals surface area contributed by atoms with Gasteiger partial charge in [0.1, 0.15) is 5.75 Å². The zero-order valence-corrected chi connectivity index (χ0v) is 13.0. The number of alkyl halides is 2. The molecule has 0 heterocycles. The van der Waals surface area contributed by atoms with Crippen molar-refractivity contribution in [3.05, 3.63) is 29.8 Å². The Morgan fingerprint density at radius 3 is 2.58 bits per heavy atom. The third-order valence-corrected chi connectivity index (χ3v) is 3.99. The number of nitrogens with one attached hydrogen (secondary N) is 2. The van der Waals surface area contributed by atoms with Crippen LogP contribution < -0.4 is 15.4 Å². The molecule has 132 valence electrons. The van der Waals surface area contributed by atoms with Crippen LogP contribution >= 0.6 is 0 Å². The van der Waals surface area contributed by atoms with E-state index in [4.69, 9.17) is 5.11 Å². The van der Waals surface area contributed by atoms with Crippen LogP contribution in [0.1, 0.15) is 31.2 Å². The molecule has 0 saturated heterocycles. The molecule has 0 atom stereocenters. The molecule has 8 heteroatoms. The fourth-order valence-corrected chi connectivity index (χ4v) is 2.74. The molecule has 1 aromatic rings. The fourth-order valence-electron chi connectivity index (χ4n) is 2.74. The maximum Gasteiger partial charge on any atom is 0.387 e. The molecule has 1 fully saturated rings. The number of benzene rings is 1. The Bertz CT molecular complexity index is 575. The number of carboxylic acid groups (broad SMARTS) is 1. The van der Waals surface area contributed by atoms with Crippen LogP contribution in [0, 0.1) is 5.92 Å². The Kier molecular flexibility index (Phi) is 6.34. The zero-order valence-electron chi connectivity index (χ0n) is 13.0. The number of urea groups is 1. The largest absolute Gasteiger partial charge is 0.481 e. The van der Waals surface area contributed by atoms with Crippen LogP contribution in [-0.4, -0.2) is 29.8 Å². The number of carbonyl (C=O) groups excluding carboxylic acids is 1. The SMILES string of the molecule is O=C(NCc1cccc(OC(F)F)c1)NC1CCC(C(=O)O)CC1. The van der Waals surface area contributed by atoms with E-state index in [2.05, 4.69) is 15.4 Å². The standard InChI is InChI=1S/C16H20F2N2O4/c17-15(18)24-13-3-1-2-10(8-13)9-19-16(23)20-12-6-4-11(5-7-12)14(21)22/h1-3,8,11-12,15H,4-7,9H2,(H,21,22)(H2,19,20,23). The van der Waals surface area contributed by atoms with E-state index in [1.165, 1.54) is 12.1 Å². The Hall–Kier alpha value is -2.38. The van der Waals surface area contributed by atoms with Crippen LogP contribution in [0.15, 0.2) is 24.3 Å². The average molecular weight is 342 g/mol. The number of halogens is 2. The number of rotatable bonds is 6. The van der Waals surface area contributed by atoms with E-state index in [0.717, 1.165) is 0 Å². The monoisotopic (exact) mass is 342 g/mol. The Balaban J connectivity index is 1.74. The van der Waals surface area contributed by atoms with Gasteiger partial charge < -0.3 is 20.5 Å². The normalized spacial score (nSPS) is 20.5. The fraction of sp³-hybridized carbons (Fsp3) is 0.500. The summed E-state index contributed by atoms with van der Waals surface area (Å²) in [5, 5.41) is 14.4. The zero-order chi connectivity index (χ0) is 17.5. The van der Waals surface area contributed by atoms with E-state index in [9.17, 15) is 18.4 Å². The van der Waals surface area contributed by atoms with E-state index < -0.39 is 12.6 Å². The topological polar surface area (TPSA) is 87.7 Å². The van der Waals surface area contributed by atoms with Crippen molar-refractivity contribution in [1.29, 1.82) is 0 Å². The van der Waals surface area contributed by atoms with Gasteiger partial charge in [0.15, 0.2) is 0 Å². The lowest BCUT2D eigenvalue weighted by Gasteiger charge is -2.26. The maximum atomic E-state index is 12.2. The first-order chi connectivity index (χ1) is 11.4. The van der Waals surface area contributed by atoms with Crippen LogP contribution in [0.5, 0.6) is 5.75 Å². The lowest BCUT2D eigenvalue weighted by molar-refractivity contribution is -0.142. The molecule has 2 rings (SSSR count). The highest BCUT2D eigenvalue weighted by molar-refractivity contribution is 5.74. The highest BCUT2D eigenvalue weighted by Crippen LogP contribution is 2.24. The predicted molar refractivity (Wildman–Crippen MR) is 81.8 cm³/mol. The minimum atomic E-state index is -2.89. The summed E-state index contributed by atoms with van der Waals surface area (Å²) in [6.07, 6.45) is 2.35. The van der Waals surface area contributed by atoms with Gasteiger partial charge in [0.25, 0.3) is 0 Å². The molecule has 1 aliphatic carbocycles. The first-order valence-corrected chi connectivity index (χ1v) is 7.75. The smallest absolute Gasteiger partial charge is 0.387 e. The summed E-state index contributed by atoms with van der Waals surface area (Å²) >= 11 is 0. The van der Waals surface area contributed by atoms with Gasteiger partial charge in [0.05, 0.1) is 5.92 Å². The number of carboxylic acids is 1. The van der Waals surface area contributed by atoms with Gasteiger partial charge >= 0.3 is 18.6 Å². The van der Waals surface area contributed by atoms with Gasteiger partial charge in [-0.25, -0.2) is 4.79 Å². The van der Waals surface area contributed by atoms with Crippen molar-refractivity contribution in [3.8, 4) is 5.75 Å². The first kappa shape index (κ1) is 18.0. The molecule has 1 aliphatic rings. The Morgan fingerprint density at radius 2 is 1.96 bits per heavy atom. The minimum Gasteiger partial charge on any atom is -0.481 e. The van der Waals surface area contributed by atoms with Crippen LogP contribution in [0.2, 0.25) is 0 Å². The molecule has 0 spiro atoms. The molecule has 0 unspecified atom stereocenters. The minimum absolute atomic E-state index is 0.0386. The van der Waals surface area contributed by atoms with Crippen molar-refractivity contribution in [3.63, 3.8) is 0 Å². The first-order valence-electron chi connectivity index (χ1n) is 7.75. The van der Waals surface area contributed by atoms with Crippen molar-refractivity contribution < 1.29 is 28.2 Å². The molecule has 0 radical (unpaired) electrons. The number of carbonyl (C=O) groups is 2. The van der Waals surface area contributed by atoms with Crippen molar-refractivity contribution in [2.75, 3.05) is 0 Å². The molecule has 0 bridgehead atoms. The summed E-state index contributed by atoms with van der Waals surface area (Å²) in [5.41, 5.74) is 0.637. The highest BCUT2D eigenvalue weighted by atomic mass is 19.3. The molecule has 1 aromatic carbocycles. The summed E-state index contributed by atoms with van der Waals surface area (Å²) in [4.78, 5) is 22.8. The van der Waals surface area contributed by atoms with Gasteiger partial charge in [0, 0.05) is 12.6 Å². The third-order valence-electron chi connectivity index (χ3n) is 3.99. The maximum absolute atomic E-state index is 12.2. The average Bonchev–Trinajstić information content (AvgIpc) is 2.53. The number of amides is 2. The molecule has 6 nitrogen and oxygen atoms in total. The second-order valence-corrected chi connectivity index (χ2v) is 5.74. The van der Waals surface area contributed by atoms with Gasteiger partial charge in [-0.3, -0.25) is 4.79 Å². The molecule has 1 saturated carbocycles. The lowest BCUT2D eigenvalue weighted by Crippen LogP contribution is -2.43. The molecule has 0 aliphatic heterocycles. The van der Waals surface area contributed by atoms with E-state index in [0.29, 0.717) is 31.2 Å². The quantitative estimate of drug-likeness (QED) is 0.742.